The second kappa shape index (κ2) is 12.9. The number of nitrogens with zero attached hydrogens (tertiary/aromatic N) is 1. The fourth-order valence-electron chi connectivity index (χ4n) is 2.03. The van der Waals surface area contributed by atoms with Gasteiger partial charge in [-0.1, -0.05) is 41.5 Å². The molecule has 0 aliphatic heterocycles. The van der Waals surface area contributed by atoms with Crippen LogP contribution in [0.4, 0.5) is 0 Å². The number of carbonyl (C=O) groups is 2. The zero-order valence-electron chi connectivity index (χ0n) is 17.0. The molecule has 0 rings (SSSR count). The van der Waals surface area contributed by atoms with E-state index in [1.165, 1.54) is 0 Å². The molecule has 25 heavy (non-hydrogen) atoms. The Labute approximate surface area is 163 Å². The Morgan fingerprint density at radius 2 is 1.28 bits per heavy atom. The highest BCUT2D eigenvalue weighted by Gasteiger charge is 2.20. The zero-order valence-corrected chi connectivity index (χ0v) is 18.6. The van der Waals surface area contributed by atoms with Crippen LogP contribution in [0, 0.1) is 0 Å². The molecule has 0 saturated heterocycles. The van der Waals surface area contributed by atoms with Crippen LogP contribution in [0.2, 0.25) is 0 Å². The summed E-state index contributed by atoms with van der Waals surface area (Å²) in [6, 6.07) is 0. The smallest absolute Gasteiger partial charge is 0.230 e. The van der Waals surface area contributed by atoms with Gasteiger partial charge in [0.2, 0.25) is 11.8 Å². The van der Waals surface area contributed by atoms with Crippen molar-refractivity contribution in [1.82, 2.24) is 15.5 Å². The summed E-state index contributed by atoms with van der Waals surface area (Å²) in [5.74, 6) is 1.20. The molecule has 5 nitrogen and oxygen atoms in total. The third-order valence-electron chi connectivity index (χ3n) is 3.45. The summed E-state index contributed by atoms with van der Waals surface area (Å²) in [7, 11) is 2.15. The predicted molar refractivity (Wildman–Crippen MR) is 115 cm³/mol. The van der Waals surface area contributed by atoms with E-state index in [9.17, 15) is 9.59 Å². The first kappa shape index (κ1) is 24.7. The van der Waals surface area contributed by atoms with E-state index in [1.54, 1.807) is 23.5 Å². The standard InChI is InChI=1S/C17H36BN3O2S2/c1-13(2)24-11-15(22)19-7-9-21(17(5,6)18)10-8-20-16(23)12-25-14(3)4/h13-14H,7-12,18H2,1-6H3,(H,19,22)(H,20,23). The minimum atomic E-state index is -0.00514. The molecular formula is C17H36BN3O2S2. The first-order valence-corrected chi connectivity index (χ1v) is 11.1. The maximum absolute atomic E-state index is 11.8. The molecule has 0 heterocycles. The molecule has 0 radical (unpaired) electrons. The fraction of sp³-hybridized carbons (Fsp3) is 0.882. The van der Waals surface area contributed by atoms with Crippen LogP contribution in [0.1, 0.15) is 41.5 Å². The van der Waals surface area contributed by atoms with Gasteiger partial charge in [0.1, 0.15) is 7.85 Å². The van der Waals surface area contributed by atoms with Gasteiger partial charge < -0.3 is 15.5 Å². The molecule has 0 fully saturated rings. The van der Waals surface area contributed by atoms with Gasteiger partial charge in [-0.25, -0.2) is 0 Å². The number of rotatable bonds is 13. The Morgan fingerprint density at radius 3 is 1.56 bits per heavy atom. The lowest BCUT2D eigenvalue weighted by Crippen LogP contribution is -2.50. The van der Waals surface area contributed by atoms with E-state index in [2.05, 4.69) is 64.9 Å². The maximum Gasteiger partial charge on any atom is 0.230 e. The van der Waals surface area contributed by atoms with Gasteiger partial charge in [0.05, 0.1) is 11.5 Å². The van der Waals surface area contributed by atoms with Crippen LogP contribution in [0.3, 0.4) is 0 Å². The van der Waals surface area contributed by atoms with Gasteiger partial charge in [0, 0.05) is 26.2 Å². The second-order valence-electron chi connectivity index (χ2n) is 7.58. The van der Waals surface area contributed by atoms with Crippen molar-refractivity contribution in [3.63, 3.8) is 0 Å². The van der Waals surface area contributed by atoms with Crippen molar-refractivity contribution in [3.05, 3.63) is 0 Å². The van der Waals surface area contributed by atoms with Gasteiger partial charge in [-0.3, -0.25) is 9.59 Å². The molecule has 2 N–H and O–H groups in total. The van der Waals surface area contributed by atoms with E-state index in [-0.39, 0.29) is 17.3 Å². The first-order valence-electron chi connectivity index (χ1n) is 9.04. The molecule has 8 heteroatoms. The third-order valence-corrected chi connectivity index (χ3v) is 5.64. The number of hydrogen-bond donors (Lipinski definition) is 2. The van der Waals surface area contributed by atoms with E-state index in [0.29, 0.717) is 35.1 Å². The lowest BCUT2D eigenvalue weighted by molar-refractivity contribution is -0.119. The van der Waals surface area contributed by atoms with Crippen LogP contribution in [-0.4, -0.2) is 78.2 Å². The summed E-state index contributed by atoms with van der Waals surface area (Å²) in [5, 5.41) is 6.89. The second-order valence-corrected chi connectivity index (χ2v) is 10.7. The maximum atomic E-state index is 11.8. The van der Waals surface area contributed by atoms with Gasteiger partial charge >= 0.3 is 0 Å². The van der Waals surface area contributed by atoms with Gasteiger partial charge in [0.25, 0.3) is 0 Å². The molecule has 0 atom stereocenters. The lowest BCUT2D eigenvalue weighted by Gasteiger charge is -2.36. The van der Waals surface area contributed by atoms with Crippen LogP contribution in [0.15, 0.2) is 0 Å². The Balaban J connectivity index is 4.13. The topological polar surface area (TPSA) is 61.4 Å². The molecule has 0 aromatic rings. The number of amides is 2. The first-order chi connectivity index (χ1) is 11.5. The van der Waals surface area contributed by atoms with E-state index in [4.69, 9.17) is 0 Å². The Hall–Kier alpha value is -0.335. The monoisotopic (exact) mass is 389 g/mol. The van der Waals surface area contributed by atoms with Crippen LogP contribution in [0.5, 0.6) is 0 Å². The molecule has 0 unspecified atom stereocenters. The molecule has 0 saturated carbocycles. The zero-order chi connectivity index (χ0) is 19.5. The van der Waals surface area contributed by atoms with Crippen molar-refractivity contribution in [2.75, 3.05) is 37.7 Å². The van der Waals surface area contributed by atoms with Crippen molar-refractivity contribution in [1.29, 1.82) is 0 Å². The Bertz CT molecular complexity index is 372. The van der Waals surface area contributed by atoms with E-state index >= 15 is 0 Å². The van der Waals surface area contributed by atoms with Gasteiger partial charge in [0.15, 0.2) is 0 Å². The van der Waals surface area contributed by atoms with Crippen LogP contribution < -0.4 is 10.6 Å². The summed E-state index contributed by atoms with van der Waals surface area (Å²) in [6.07, 6.45) is 0. The lowest BCUT2D eigenvalue weighted by atomic mass is 9.80. The van der Waals surface area contributed by atoms with Crippen molar-refractivity contribution in [2.45, 2.75) is 57.5 Å². The van der Waals surface area contributed by atoms with Gasteiger partial charge in [-0.2, -0.15) is 0 Å². The van der Waals surface area contributed by atoms with Gasteiger partial charge in [-0.15, -0.1) is 23.5 Å². The van der Waals surface area contributed by atoms with Crippen molar-refractivity contribution in [3.8, 4) is 0 Å². The minimum Gasteiger partial charge on any atom is -0.354 e. The number of carbonyl (C=O) groups excluding carboxylic acids is 2. The van der Waals surface area contributed by atoms with Crippen molar-refractivity contribution >= 4 is 43.2 Å². The largest absolute Gasteiger partial charge is 0.354 e. The van der Waals surface area contributed by atoms with Crippen LogP contribution in [-0.2, 0) is 9.59 Å². The third kappa shape index (κ3) is 14.5. The predicted octanol–water partition coefficient (Wildman–Crippen LogP) is 1.17. The Morgan fingerprint density at radius 1 is 0.920 bits per heavy atom. The summed E-state index contributed by atoms with van der Waals surface area (Å²) >= 11 is 3.30. The number of nitrogens with one attached hydrogen (secondary N) is 2. The minimum absolute atomic E-state index is 0.00514. The highest BCUT2D eigenvalue weighted by Crippen LogP contribution is 2.10. The highest BCUT2D eigenvalue weighted by molar-refractivity contribution is 8.00. The van der Waals surface area contributed by atoms with Crippen LogP contribution in [0.25, 0.3) is 0 Å². The summed E-state index contributed by atoms with van der Waals surface area (Å²) in [5.41, 5.74) is -0.00514. The molecule has 0 aliphatic carbocycles. The van der Waals surface area contributed by atoms with Crippen LogP contribution >= 0.6 is 23.5 Å². The molecule has 0 spiro atoms. The van der Waals surface area contributed by atoms with E-state index < -0.39 is 0 Å². The highest BCUT2D eigenvalue weighted by atomic mass is 32.2. The molecule has 0 bridgehead atoms. The normalized spacial score (nSPS) is 12.0. The average molecular weight is 389 g/mol. The fourth-order valence-corrected chi connectivity index (χ4v) is 3.20. The van der Waals surface area contributed by atoms with Gasteiger partial charge in [-0.05, 0) is 15.9 Å². The quantitative estimate of drug-likeness (QED) is 0.463. The average Bonchev–Trinajstić information content (AvgIpc) is 2.48. The van der Waals surface area contributed by atoms with E-state index in [1.807, 2.05) is 0 Å². The SMILES string of the molecule is BC(C)(C)N(CCNC(=O)CSC(C)C)CCNC(=O)CSC(C)C. The molecule has 0 aromatic carbocycles. The Kier molecular flexibility index (Phi) is 12.8. The van der Waals surface area contributed by atoms with Crippen molar-refractivity contribution in [2.24, 2.45) is 0 Å². The molecule has 2 amide bonds. The summed E-state index contributed by atoms with van der Waals surface area (Å²) < 4.78 is 0. The number of hydrogen-bond acceptors (Lipinski definition) is 5. The molecule has 0 aliphatic rings. The van der Waals surface area contributed by atoms with Crippen molar-refractivity contribution < 1.29 is 9.59 Å². The summed E-state index contributed by atoms with van der Waals surface area (Å²) in [6.45, 7) is 15.5. The summed E-state index contributed by atoms with van der Waals surface area (Å²) in [4.78, 5) is 25.9. The molecule has 0 aromatic heterocycles. The molecular weight excluding hydrogens is 353 g/mol. The van der Waals surface area contributed by atoms with E-state index in [0.717, 1.165) is 13.1 Å². The number of thioether (sulfide) groups is 2. The molecule has 146 valence electrons.